The maximum Gasteiger partial charge on any atom is 0.328 e. The van der Waals surface area contributed by atoms with E-state index >= 15 is 0 Å². The number of rotatable bonds is 11. The van der Waals surface area contributed by atoms with E-state index in [0.29, 0.717) is 6.42 Å². The quantitative estimate of drug-likeness (QED) is 0.252. The molecule has 0 saturated heterocycles. The predicted octanol–water partition coefficient (Wildman–Crippen LogP) is -1.43. The minimum Gasteiger partial charge on any atom is -0.480 e. The molecular formula is C17H32N4O6. The SMILES string of the molecule is CC(C)CC(NC(=O)C(N)C(C)C)C(=O)NCC(=O)NC(C(=O)O)C(C)O. The molecule has 0 rings (SSSR count). The smallest absolute Gasteiger partial charge is 0.328 e. The van der Waals surface area contributed by atoms with E-state index in [2.05, 4.69) is 16.0 Å². The number of aliphatic hydroxyl groups excluding tert-OH is 1. The van der Waals surface area contributed by atoms with Crippen LogP contribution in [-0.4, -0.2) is 64.7 Å². The van der Waals surface area contributed by atoms with Gasteiger partial charge in [-0.1, -0.05) is 27.7 Å². The highest BCUT2D eigenvalue weighted by Gasteiger charge is 2.28. The summed E-state index contributed by atoms with van der Waals surface area (Å²) in [4.78, 5) is 47.3. The Labute approximate surface area is 159 Å². The lowest BCUT2D eigenvalue weighted by Crippen LogP contribution is -2.55. The van der Waals surface area contributed by atoms with Gasteiger partial charge in [0.1, 0.15) is 6.04 Å². The molecular weight excluding hydrogens is 356 g/mol. The molecule has 0 aliphatic heterocycles. The zero-order valence-corrected chi connectivity index (χ0v) is 16.5. The second-order valence-electron chi connectivity index (χ2n) is 7.30. The molecule has 10 heteroatoms. The van der Waals surface area contributed by atoms with Gasteiger partial charge in [0.25, 0.3) is 0 Å². The summed E-state index contributed by atoms with van der Waals surface area (Å²) in [6.45, 7) is 8.06. The number of carboxylic acids is 1. The molecule has 7 N–H and O–H groups in total. The monoisotopic (exact) mass is 388 g/mol. The molecule has 0 aliphatic carbocycles. The summed E-state index contributed by atoms with van der Waals surface area (Å²) in [6, 6.07) is -3.12. The number of nitrogens with one attached hydrogen (secondary N) is 3. The fourth-order valence-electron chi connectivity index (χ4n) is 2.18. The molecule has 0 aromatic carbocycles. The summed E-state index contributed by atoms with van der Waals surface area (Å²) in [5.41, 5.74) is 5.79. The highest BCUT2D eigenvalue weighted by Crippen LogP contribution is 2.07. The maximum absolute atomic E-state index is 12.4. The van der Waals surface area contributed by atoms with Crippen LogP contribution in [0, 0.1) is 11.8 Å². The number of aliphatic hydroxyl groups is 1. The van der Waals surface area contributed by atoms with E-state index < -0.39 is 54.5 Å². The van der Waals surface area contributed by atoms with Crippen LogP contribution in [0.3, 0.4) is 0 Å². The molecule has 10 nitrogen and oxygen atoms in total. The highest BCUT2D eigenvalue weighted by molar-refractivity contribution is 5.92. The van der Waals surface area contributed by atoms with Crippen molar-refractivity contribution in [2.45, 2.75) is 65.3 Å². The average molecular weight is 388 g/mol. The lowest BCUT2D eigenvalue weighted by Gasteiger charge is -2.23. The zero-order chi connectivity index (χ0) is 21.3. The van der Waals surface area contributed by atoms with Gasteiger partial charge < -0.3 is 31.9 Å². The van der Waals surface area contributed by atoms with Crippen LogP contribution >= 0.6 is 0 Å². The molecule has 0 radical (unpaired) electrons. The van der Waals surface area contributed by atoms with Crippen molar-refractivity contribution in [1.82, 2.24) is 16.0 Å². The van der Waals surface area contributed by atoms with Crippen LogP contribution in [0.5, 0.6) is 0 Å². The number of hydrogen-bond donors (Lipinski definition) is 6. The van der Waals surface area contributed by atoms with Crippen molar-refractivity contribution < 1.29 is 29.4 Å². The second-order valence-corrected chi connectivity index (χ2v) is 7.30. The summed E-state index contributed by atoms with van der Waals surface area (Å²) < 4.78 is 0. The van der Waals surface area contributed by atoms with Crippen molar-refractivity contribution in [1.29, 1.82) is 0 Å². The van der Waals surface area contributed by atoms with Crippen molar-refractivity contribution in [2.75, 3.05) is 6.54 Å². The first-order valence-corrected chi connectivity index (χ1v) is 8.90. The van der Waals surface area contributed by atoms with Crippen LogP contribution in [0.15, 0.2) is 0 Å². The van der Waals surface area contributed by atoms with Crippen molar-refractivity contribution in [3.8, 4) is 0 Å². The van der Waals surface area contributed by atoms with Crippen molar-refractivity contribution in [3.63, 3.8) is 0 Å². The molecule has 0 aromatic rings. The molecule has 27 heavy (non-hydrogen) atoms. The minimum absolute atomic E-state index is 0.0942. The average Bonchev–Trinajstić information content (AvgIpc) is 2.54. The Morgan fingerprint density at radius 1 is 0.963 bits per heavy atom. The maximum atomic E-state index is 12.4. The molecule has 0 heterocycles. The molecule has 0 bridgehead atoms. The lowest BCUT2D eigenvalue weighted by molar-refractivity contribution is -0.144. The number of carboxylic acid groups (broad SMARTS) is 1. The summed E-state index contributed by atoms with van der Waals surface area (Å²) in [5.74, 6) is -3.21. The van der Waals surface area contributed by atoms with Crippen LogP contribution in [0.25, 0.3) is 0 Å². The molecule has 0 aliphatic rings. The molecule has 0 saturated carbocycles. The van der Waals surface area contributed by atoms with E-state index in [1.54, 1.807) is 13.8 Å². The van der Waals surface area contributed by atoms with Crippen LogP contribution in [0.4, 0.5) is 0 Å². The number of amides is 3. The molecule has 0 spiro atoms. The van der Waals surface area contributed by atoms with E-state index in [9.17, 15) is 24.3 Å². The van der Waals surface area contributed by atoms with Gasteiger partial charge in [-0.3, -0.25) is 14.4 Å². The molecule has 0 fully saturated rings. The Hall–Kier alpha value is -2.20. The third kappa shape index (κ3) is 9.34. The Morgan fingerprint density at radius 2 is 1.52 bits per heavy atom. The van der Waals surface area contributed by atoms with E-state index in [1.807, 2.05) is 13.8 Å². The molecule has 3 amide bonds. The summed E-state index contributed by atoms with van der Waals surface area (Å²) in [5, 5.41) is 25.3. The fraction of sp³-hybridized carbons (Fsp3) is 0.765. The van der Waals surface area contributed by atoms with Gasteiger partial charge in [-0.15, -0.1) is 0 Å². The van der Waals surface area contributed by atoms with Crippen molar-refractivity contribution >= 4 is 23.7 Å². The molecule has 0 aromatic heterocycles. The lowest BCUT2D eigenvalue weighted by atomic mass is 10.0. The van der Waals surface area contributed by atoms with E-state index in [1.165, 1.54) is 6.92 Å². The number of nitrogens with two attached hydrogens (primary N) is 1. The van der Waals surface area contributed by atoms with Crippen LogP contribution in [0.2, 0.25) is 0 Å². The zero-order valence-electron chi connectivity index (χ0n) is 16.5. The Morgan fingerprint density at radius 3 is 1.93 bits per heavy atom. The number of carbonyl (C=O) groups excluding carboxylic acids is 3. The first-order chi connectivity index (χ1) is 12.4. The fourth-order valence-corrected chi connectivity index (χ4v) is 2.18. The Balaban J connectivity index is 4.83. The Kier molecular flexibility index (Phi) is 10.6. The molecule has 4 unspecified atom stereocenters. The second kappa shape index (κ2) is 11.5. The third-order valence-corrected chi connectivity index (χ3v) is 3.85. The Bertz CT molecular complexity index is 536. The van der Waals surface area contributed by atoms with Gasteiger partial charge in [0.05, 0.1) is 18.7 Å². The standard InChI is InChI=1S/C17H32N4O6/c1-8(2)6-11(20-16(25)13(18)9(3)4)15(24)19-7-12(23)21-14(10(5)22)17(26)27/h8-11,13-14,22H,6-7,18H2,1-5H3,(H,19,24)(H,20,25)(H,21,23)(H,26,27). The number of carbonyl (C=O) groups is 4. The van der Waals surface area contributed by atoms with Crippen LogP contribution in [-0.2, 0) is 19.2 Å². The summed E-state index contributed by atoms with van der Waals surface area (Å²) in [6.07, 6.45) is -0.956. The summed E-state index contributed by atoms with van der Waals surface area (Å²) in [7, 11) is 0. The van der Waals surface area contributed by atoms with Gasteiger partial charge in [-0.25, -0.2) is 4.79 Å². The first kappa shape index (κ1) is 24.8. The van der Waals surface area contributed by atoms with Crippen LogP contribution < -0.4 is 21.7 Å². The topological polar surface area (TPSA) is 171 Å². The normalized spacial score (nSPS) is 15.6. The van der Waals surface area contributed by atoms with Crippen molar-refractivity contribution in [3.05, 3.63) is 0 Å². The van der Waals surface area contributed by atoms with E-state index in [-0.39, 0.29) is 11.8 Å². The summed E-state index contributed by atoms with van der Waals surface area (Å²) >= 11 is 0. The molecule has 4 atom stereocenters. The van der Waals surface area contributed by atoms with Crippen LogP contribution in [0.1, 0.15) is 41.0 Å². The van der Waals surface area contributed by atoms with Gasteiger partial charge in [0.15, 0.2) is 6.04 Å². The van der Waals surface area contributed by atoms with Gasteiger partial charge in [0, 0.05) is 0 Å². The molecule has 156 valence electrons. The number of aliphatic carboxylic acids is 1. The third-order valence-electron chi connectivity index (χ3n) is 3.85. The minimum atomic E-state index is -1.48. The van der Waals surface area contributed by atoms with Gasteiger partial charge >= 0.3 is 5.97 Å². The van der Waals surface area contributed by atoms with Crippen molar-refractivity contribution in [2.24, 2.45) is 17.6 Å². The van der Waals surface area contributed by atoms with Gasteiger partial charge in [-0.2, -0.15) is 0 Å². The predicted molar refractivity (Wildman–Crippen MR) is 98.5 cm³/mol. The van der Waals surface area contributed by atoms with E-state index in [0.717, 1.165) is 0 Å². The highest BCUT2D eigenvalue weighted by atomic mass is 16.4. The number of hydrogen-bond acceptors (Lipinski definition) is 6. The largest absolute Gasteiger partial charge is 0.480 e. The first-order valence-electron chi connectivity index (χ1n) is 8.90. The van der Waals surface area contributed by atoms with Gasteiger partial charge in [-0.05, 0) is 25.2 Å². The van der Waals surface area contributed by atoms with Gasteiger partial charge in [0.2, 0.25) is 17.7 Å². The van der Waals surface area contributed by atoms with E-state index in [4.69, 9.17) is 10.8 Å².